The van der Waals surface area contributed by atoms with Crippen LogP contribution in [0.4, 0.5) is 4.53 Å². The molecule has 0 aromatic heterocycles. The smallest absolute Gasteiger partial charge is 0.337 e. The van der Waals surface area contributed by atoms with Crippen molar-refractivity contribution in [3.63, 3.8) is 0 Å². The summed E-state index contributed by atoms with van der Waals surface area (Å²) in [7, 11) is 3.79. The highest BCUT2D eigenvalue weighted by Gasteiger charge is 2.28. The van der Waals surface area contributed by atoms with E-state index in [2.05, 4.69) is 39.2 Å². The quantitative estimate of drug-likeness (QED) is 0.0839. The van der Waals surface area contributed by atoms with Crippen molar-refractivity contribution in [2.24, 2.45) is 4.99 Å². The van der Waals surface area contributed by atoms with Crippen LogP contribution in [0.5, 0.6) is 0 Å². The minimum absolute atomic E-state index is 0.292. The van der Waals surface area contributed by atoms with Gasteiger partial charge in [-0.1, -0.05) is 55.5 Å². The van der Waals surface area contributed by atoms with Crippen LogP contribution in [0.1, 0.15) is 51.7 Å². The number of nitrogens with one attached hydrogen (secondary N) is 2. The third-order valence-corrected chi connectivity index (χ3v) is 6.62. The lowest BCUT2D eigenvalue weighted by Gasteiger charge is -2.33. The third-order valence-electron chi connectivity index (χ3n) is 6.62. The van der Waals surface area contributed by atoms with Gasteiger partial charge in [-0.15, -0.1) is 0 Å². The second-order valence-electron chi connectivity index (χ2n) is 9.59. The molecule has 2 N–H and O–H groups in total. The Bertz CT molecular complexity index is 1140. The van der Waals surface area contributed by atoms with Gasteiger partial charge in [0.2, 0.25) is 0 Å². The van der Waals surface area contributed by atoms with Crippen molar-refractivity contribution in [1.82, 2.24) is 20.4 Å². The van der Waals surface area contributed by atoms with Crippen LogP contribution in [0.15, 0.2) is 95.1 Å². The normalized spacial score (nSPS) is 15.3. The summed E-state index contributed by atoms with van der Waals surface area (Å²) in [6.07, 6.45) is 13.4. The summed E-state index contributed by atoms with van der Waals surface area (Å²) in [5.41, 5.74) is 3.48. The standard InChI is InChI=1S/C32H47N5O2.CHFO2.CH2O/c1-7-16-28(17-8-2)36(6)32(35-26(4)20-25-38)29(30(39-9-3)27-18-12-10-13-19-27)31(33-5)34-21-24-37-22-14-11-15-23-37;2-4-1-3;1-2/h7-8,10,12-13,16-20,25,30,35H,1,9,11,14-15,21-24H2,2-6H3,(H,33,34);1H;1H2/b17-8-,26-20+,28-16+,32-29-;;. The Balaban J connectivity index is 0.00000298. The van der Waals surface area contributed by atoms with E-state index in [0.29, 0.717) is 12.3 Å². The van der Waals surface area contributed by atoms with E-state index in [4.69, 9.17) is 19.3 Å². The van der Waals surface area contributed by atoms with E-state index in [9.17, 15) is 9.32 Å². The van der Waals surface area contributed by atoms with Gasteiger partial charge in [-0.05, 0) is 70.5 Å². The van der Waals surface area contributed by atoms with Gasteiger partial charge in [-0.2, -0.15) is 0 Å². The molecule has 45 heavy (non-hydrogen) atoms. The second-order valence-corrected chi connectivity index (χ2v) is 9.59. The number of allylic oxidation sites excluding steroid dienone is 6. The second kappa shape index (κ2) is 26.1. The molecule has 1 heterocycles. The molecule has 0 saturated carbocycles. The molecule has 1 saturated heterocycles. The molecule has 1 aliphatic heterocycles. The van der Waals surface area contributed by atoms with E-state index >= 15 is 0 Å². The number of hydrogen-bond acceptors (Lipinski definition) is 9. The topological polar surface area (TPSA) is 113 Å². The zero-order valence-electron chi connectivity index (χ0n) is 27.3. The highest BCUT2D eigenvalue weighted by atomic mass is 19.3. The summed E-state index contributed by atoms with van der Waals surface area (Å²) in [5.74, 6) is 1.49. The zero-order valence-corrected chi connectivity index (χ0v) is 27.3. The van der Waals surface area contributed by atoms with Crippen LogP contribution in [-0.2, 0) is 24.1 Å². The number of halogens is 1. The van der Waals surface area contributed by atoms with Gasteiger partial charge in [0, 0.05) is 49.7 Å². The van der Waals surface area contributed by atoms with E-state index in [1.807, 2.05) is 75.9 Å². The molecule has 10 nitrogen and oxygen atoms in total. The van der Waals surface area contributed by atoms with Gasteiger partial charge in [-0.25, -0.2) is 0 Å². The molecule has 1 aromatic rings. The predicted octanol–water partition coefficient (Wildman–Crippen LogP) is 5.21. The van der Waals surface area contributed by atoms with E-state index < -0.39 is 6.10 Å². The predicted molar refractivity (Wildman–Crippen MR) is 179 cm³/mol. The van der Waals surface area contributed by atoms with Gasteiger partial charge in [0.25, 0.3) is 0 Å². The van der Waals surface area contributed by atoms with Gasteiger partial charge in [0.1, 0.15) is 30.8 Å². The largest absolute Gasteiger partial charge is 0.369 e. The van der Waals surface area contributed by atoms with Crippen LogP contribution in [0.3, 0.4) is 0 Å². The lowest BCUT2D eigenvalue weighted by molar-refractivity contribution is -0.165. The van der Waals surface area contributed by atoms with Gasteiger partial charge in [0.05, 0.1) is 5.57 Å². The summed E-state index contributed by atoms with van der Waals surface area (Å²) in [6.45, 7) is 16.0. The maximum Gasteiger partial charge on any atom is 0.337 e. The maximum atomic E-state index is 11.4. The first-order valence-electron chi connectivity index (χ1n) is 14.8. The van der Waals surface area contributed by atoms with Crippen molar-refractivity contribution in [2.45, 2.75) is 46.1 Å². The summed E-state index contributed by atoms with van der Waals surface area (Å²) >= 11 is 0. The molecular formula is C34H50FN5O5. The number of aliphatic imine (C=N–C) groups is 1. The number of likely N-dealkylation sites (N-methyl/N-ethyl adjacent to an activating group) is 1. The molecule has 248 valence electrons. The number of ether oxygens (including phenoxy) is 1. The van der Waals surface area contributed by atoms with Crippen molar-refractivity contribution in [2.75, 3.05) is 46.9 Å². The van der Waals surface area contributed by atoms with Crippen molar-refractivity contribution in [3.05, 3.63) is 95.6 Å². The summed E-state index contributed by atoms with van der Waals surface area (Å²) in [5, 5.41) is 7.12. The fourth-order valence-corrected chi connectivity index (χ4v) is 4.67. The van der Waals surface area contributed by atoms with Crippen LogP contribution in [-0.4, -0.2) is 82.1 Å². The third kappa shape index (κ3) is 15.3. The maximum absolute atomic E-state index is 11.4. The molecule has 1 unspecified atom stereocenters. The number of amidine groups is 1. The number of rotatable bonds is 16. The number of aldehydes is 1. The van der Waals surface area contributed by atoms with Crippen LogP contribution in [0, 0.1) is 0 Å². The van der Waals surface area contributed by atoms with Crippen LogP contribution in [0.25, 0.3) is 0 Å². The highest BCUT2D eigenvalue weighted by Crippen LogP contribution is 2.31. The molecule has 1 aliphatic rings. The van der Waals surface area contributed by atoms with E-state index in [0.717, 1.165) is 61.0 Å². The lowest BCUT2D eigenvalue weighted by Crippen LogP contribution is -2.41. The minimum Gasteiger partial charge on any atom is -0.369 e. The number of carbonyl (C=O) groups excluding carboxylic acids is 3. The SMILES string of the molecule is C=C/C=C(\C=C/C)N(C)/C(N/C(C)=C/C=O)=C(\C(=NC)NCCN1CCCCC1)C(OCC)c1ccccc1.C=O.O=COF. The number of carbonyl (C=O) groups is 3. The zero-order chi connectivity index (χ0) is 33.9. The summed E-state index contributed by atoms with van der Waals surface area (Å²) < 4.78 is 16.3. The minimum atomic E-state index is -0.415. The molecule has 0 spiro atoms. The van der Waals surface area contributed by atoms with Crippen LogP contribution < -0.4 is 10.6 Å². The van der Waals surface area contributed by atoms with Crippen LogP contribution in [0.2, 0.25) is 0 Å². The molecule has 2 rings (SSSR count). The molecule has 0 bridgehead atoms. The molecule has 1 atom stereocenters. The van der Waals surface area contributed by atoms with Crippen molar-refractivity contribution in [3.8, 4) is 0 Å². The highest BCUT2D eigenvalue weighted by molar-refractivity contribution is 6.00. The number of nitrogens with zero attached hydrogens (tertiary/aromatic N) is 3. The molecular weight excluding hydrogens is 577 g/mol. The molecule has 11 heteroatoms. The fraction of sp³-hybridized carbons (Fsp3) is 0.412. The Morgan fingerprint density at radius 3 is 2.31 bits per heavy atom. The number of hydrogen-bond donors (Lipinski definition) is 2. The van der Waals surface area contributed by atoms with Crippen LogP contribution >= 0.6 is 0 Å². The first-order chi connectivity index (χ1) is 21.9. The Labute approximate surface area is 267 Å². The van der Waals surface area contributed by atoms with Gasteiger partial charge < -0.3 is 30.0 Å². The van der Waals surface area contributed by atoms with Gasteiger partial charge >= 0.3 is 6.47 Å². The van der Waals surface area contributed by atoms with E-state index in [1.54, 1.807) is 13.1 Å². The van der Waals surface area contributed by atoms with Crippen molar-refractivity contribution in [1.29, 1.82) is 0 Å². The molecule has 0 radical (unpaired) electrons. The summed E-state index contributed by atoms with van der Waals surface area (Å²) in [6, 6.07) is 10.2. The Hall–Kier alpha value is -4.35. The van der Waals surface area contributed by atoms with Gasteiger partial charge in [0.15, 0.2) is 0 Å². The lowest BCUT2D eigenvalue weighted by atomic mass is 9.99. The monoisotopic (exact) mass is 627 g/mol. The molecule has 1 aromatic carbocycles. The fourth-order valence-electron chi connectivity index (χ4n) is 4.67. The first kappa shape index (κ1) is 40.6. The molecule has 1 fully saturated rings. The van der Waals surface area contributed by atoms with E-state index in [-0.39, 0.29) is 6.47 Å². The average molecular weight is 628 g/mol. The van der Waals surface area contributed by atoms with E-state index in [1.165, 1.54) is 25.3 Å². The Morgan fingerprint density at radius 2 is 1.80 bits per heavy atom. The number of piperidine rings is 1. The number of likely N-dealkylation sites (tertiary alicyclic amines) is 1. The molecule has 0 aliphatic carbocycles. The Morgan fingerprint density at radius 1 is 1.16 bits per heavy atom. The first-order valence-corrected chi connectivity index (χ1v) is 14.8. The average Bonchev–Trinajstić information content (AvgIpc) is 3.08. The Kier molecular flexibility index (Phi) is 23.6. The van der Waals surface area contributed by atoms with Gasteiger partial charge in [-0.3, -0.25) is 19.5 Å². The van der Waals surface area contributed by atoms with Crippen molar-refractivity contribution < 1.29 is 28.6 Å². The van der Waals surface area contributed by atoms with Crippen molar-refractivity contribution >= 4 is 25.4 Å². The summed E-state index contributed by atoms with van der Waals surface area (Å²) in [4.78, 5) is 39.6. The molecule has 0 amide bonds. The number of benzene rings is 1.